The molecule has 0 aromatic carbocycles. The summed E-state index contributed by atoms with van der Waals surface area (Å²) in [5.74, 6) is -0.815. The summed E-state index contributed by atoms with van der Waals surface area (Å²) in [5.41, 5.74) is -1.96. The number of carbonyl (C=O) groups excluding carboxylic acids is 2. The van der Waals surface area contributed by atoms with E-state index in [0.29, 0.717) is 19.3 Å². The second kappa shape index (κ2) is 11.9. The molecule has 3 unspecified atom stereocenters. The van der Waals surface area contributed by atoms with Crippen molar-refractivity contribution in [2.45, 2.75) is 125 Å². The average molecular weight is 643 g/mol. The minimum absolute atomic E-state index is 0.132. The monoisotopic (exact) mass is 642 g/mol. The molecule has 5 aliphatic carbocycles. The lowest BCUT2D eigenvalue weighted by Gasteiger charge is -2.72. The summed E-state index contributed by atoms with van der Waals surface area (Å²) in [7, 11) is 0. The third kappa shape index (κ3) is 4.82. The Morgan fingerprint density at radius 2 is 1.54 bits per heavy atom. The van der Waals surface area contributed by atoms with Crippen LogP contribution in [-0.4, -0.2) is 70.0 Å². The largest absolute Gasteiger partial charge is 0.462 e. The van der Waals surface area contributed by atoms with E-state index in [9.17, 15) is 30.0 Å². The van der Waals surface area contributed by atoms with E-state index in [1.54, 1.807) is 26.0 Å². The van der Waals surface area contributed by atoms with Crippen LogP contribution in [0.1, 0.15) is 100 Å². The molecule has 8 heteroatoms. The Kier molecular flexibility index (Phi) is 9.10. The van der Waals surface area contributed by atoms with Crippen molar-refractivity contribution < 1.29 is 39.5 Å². The molecule has 4 N–H and O–H groups in total. The SMILES string of the molecule is CC=CC(=O)OC[C@]1(C)C2CC[C@]3(C)C(CC=C4C5CC(C)(C)[C@@H](OC(=O)C=CC)[C@H](O)[C@]5(CO)[C@H](O)C[C@]43C)[C@@]2(C)CC[C@@H]1O. The zero-order valence-corrected chi connectivity index (χ0v) is 29.2. The molecule has 258 valence electrons. The Morgan fingerprint density at radius 3 is 2.17 bits per heavy atom. The van der Waals surface area contributed by atoms with Gasteiger partial charge >= 0.3 is 11.9 Å². The zero-order chi connectivity index (χ0) is 34.1. The van der Waals surface area contributed by atoms with Crippen LogP contribution in [0.2, 0.25) is 0 Å². The maximum Gasteiger partial charge on any atom is 0.330 e. The van der Waals surface area contributed by atoms with Crippen LogP contribution in [0, 0.1) is 50.2 Å². The molecular weight excluding hydrogens is 584 g/mol. The quantitative estimate of drug-likeness (QED) is 0.175. The van der Waals surface area contributed by atoms with Crippen molar-refractivity contribution >= 4 is 11.9 Å². The molecule has 0 aliphatic heterocycles. The highest BCUT2D eigenvalue weighted by atomic mass is 16.6. The molecule has 5 aliphatic rings. The van der Waals surface area contributed by atoms with Crippen molar-refractivity contribution in [3.63, 3.8) is 0 Å². The number of esters is 2. The maximum atomic E-state index is 12.6. The fourth-order valence-electron chi connectivity index (χ4n) is 11.8. The van der Waals surface area contributed by atoms with E-state index in [1.807, 2.05) is 13.8 Å². The molecule has 0 heterocycles. The molecule has 0 radical (unpaired) electrons. The molecule has 5 rings (SSSR count). The third-order valence-electron chi connectivity index (χ3n) is 14.5. The van der Waals surface area contributed by atoms with Gasteiger partial charge in [0.15, 0.2) is 0 Å². The predicted octanol–water partition coefficient (Wildman–Crippen LogP) is 5.28. The third-order valence-corrected chi connectivity index (χ3v) is 14.5. The average Bonchev–Trinajstić information content (AvgIpc) is 2.97. The lowest BCUT2D eigenvalue weighted by molar-refractivity contribution is -0.262. The van der Waals surface area contributed by atoms with Crippen molar-refractivity contribution in [2.75, 3.05) is 13.2 Å². The first-order chi connectivity index (χ1) is 21.4. The van der Waals surface area contributed by atoms with E-state index in [-0.39, 0.29) is 41.2 Å². The van der Waals surface area contributed by atoms with Gasteiger partial charge in [-0.05, 0) is 92.8 Å². The van der Waals surface area contributed by atoms with Crippen LogP contribution in [-0.2, 0) is 19.1 Å². The van der Waals surface area contributed by atoms with Crippen molar-refractivity contribution in [2.24, 2.45) is 50.2 Å². The minimum Gasteiger partial charge on any atom is -0.462 e. The maximum absolute atomic E-state index is 12.6. The van der Waals surface area contributed by atoms with Crippen LogP contribution >= 0.6 is 0 Å². The van der Waals surface area contributed by atoms with E-state index in [4.69, 9.17) is 9.47 Å². The van der Waals surface area contributed by atoms with Crippen LogP contribution in [0.5, 0.6) is 0 Å². The van der Waals surface area contributed by atoms with Crippen molar-refractivity contribution in [1.29, 1.82) is 0 Å². The molecule has 8 nitrogen and oxygen atoms in total. The first-order valence-electron chi connectivity index (χ1n) is 17.4. The van der Waals surface area contributed by atoms with E-state index >= 15 is 0 Å². The smallest absolute Gasteiger partial charge is 0.330 e. The second-order valence-electron chi connectivity index (χ2n) is 17.0. The number of aliphatic hydroxyl groups excluding tert-OH is 4. The highest BCUT2D eigenvalue weighted by Crippen LogP contribution is 2.75. The predicted molar refractivity (Wildman–Crippen MR) is 175 cm³/mol. The Bertz CT molecular complexity index is 1300. The normalized spacial score (nSPS) is 48.1. The lowest BCUT2D eigenvalue weighted by atomic mass is 9.33. The number of hydrogen-bond acceptors (Lipinski definition) is 8. The van der Waals surface area contributed by atoms with Gasteiger partial charge < -0.3 is 29.9 Å². The fraction of sp³-hybridized carbons (Fsp3) is 0.789. The Morgan fingerprint density at radius 1 is 0.891 bits per heavy atom. The number of hydrogen-bond donors (Lipinski definition) is 4. The fourth-order valence-corrected chi connectivity index (χ4v) is 11.8. The number of ether oxygens (including phenoxy) is 2. The van der Waals surface area contributed by atoms with Crippen molar-refractivity contribution in [3.05, 3.63) is 36.0 Å². The molecule has 4 fully saturated rings. The summed E-state index contributed by atoms with van der Waals surface area (Å²) < 4.78 is 11.5. The van der Waals surface area contributed by atoms with Gasteiger partial charge in [-0.1, -0.05) is 65.3 Å². The molecule has 0 amide bonds. The van der Waals surface area contributed by atoms with Crippen molar-refractivity contribution in [1.82, 2.24) is 0 Å². The standard InChI is InChI=1S/C38H58O8/c1-9-11-29(42)45-22-35(6)25-15-18-36(7)26(34(25,5)17-16-27(35)40)14-13-23-24-19-33(3,4)32(46-30(43)12-10-2)31(44)38(24,21-39)28(41)20-37(23,36)8/h9-13,24-28,31-32,39-41,44H,14-22H2,1-8H3/t24?,25?,26?,27-,28+,31-,32-,34-,35+,36+,37+,38-/m0/s1. The molecule has 46 heavy (non-hydrogen) atoms. The van der Waals surface area contributed by atoms with Crippen LogP contribution in [0.15, 0.2) is 36.0 Å². The zero-order valence-electron chi connectivity index (χ0n) is 29.2. The molecule has 0 saturated heterocycles. The van der Waals surface area contributed by atoms with E-state index in [2.05, 4.69) is 33.8 Å². The van der Waals surface area contributed by atoms with Gasteiger partial charge in [0.2, 0.25) is 0 Å². The van der Waals surface area contributed by atoms with Gasteiger partial charge in [0.1, 0.15) is 12.2 Å². The van der Waals surface area contributed by atoms with Gasteiger partial charge in [-0.3, -0.25) is 0 Å². The lowest BCUT2D eigenvalue weighted by Crippen LogP contribution is -2.72. The van der Waals surface area contributed by atoms with E-state index in [0.717, 1.165) is 25.7 Å². The summed E-state index contributed by atoms with van der Waals surface area (Å²) in [6, 6.07) is 0. The van der Waals surface area contributed by atoms with Crippen LogP contribution in [0.4, 0.5) is 0 Å². The van der Waals surface area contributed by atoms with Crippen molar-refractivity contribution in [3.8, 4) is 0 Å². The highest BCUT2D eigenvalue weighted by molar-refractivity contribution is 5.82. The summed E-state index contributed by atoms with van der Waals surface area (Å²) in [5, 5.41) is 46.6. The number of aliphatic hydroxyl groups is 4. The van der Waals surface area contributed by atoms with Gasteiger partial charge in [0, 0.05) is 23.0 Å². The molecule has 0 bridgehead atoms. The Labute approximate surface area is 275 Å². The van der Waals surface area contributed by atoms with E-state index < -0.39 is 58.7 Å². The minimum atomic E-state index is -1.25. The van der Waals surface area contributed by atoms with Crippen LogP contribution < -0.4 is 0 Å². The first-order valence-corrected chi connectivity index (χ1v) is 17.4. The molecule has 4 saturated carbocycles. The molecular formula is C38H58O8. The van der Waals surface area contributed by atoms with Gasteiger partial charge in [-0.2, -0.15) is 0 Å². The summed E-state index contributed by atoms with van der Waals surface area (Å²) in [6.07, 6.45) is 9.68. The van der Waals surface area contributed by atoms with Gasteiger partial charge in [-0.15, -0.1) is 0 Å². The summed E-state index contributed by atoms with van der Waals surface area (Å²) in [4.78, 5) is 24.9. The highest BCUT2D eigenvalue weighted by Gasteiger charge is 2.73. The van der Waals surface area contributed by atoms with Gasteiger partial charge in [0.05, 0.1) is 30.8 Å². The Hall–Kier alpha value is -2.00. The Balaban J connectivity index is 1.54. The van der Waals surface area contributed by atoms with E-state index in [1.165, 1.54) is 17.7 Å². The molecule has 0 aromatic rings. The number of carbonyl (C=O) groups is 2. The summed E-state index contributed by atoms with van der Waals surface area (Å²) >= 11 is 0. The molecule has 0 aromatic heterocycles. The number of allylic oxidation sites excluding steroid dienone is 4. The molecule has 0 spiro atoms. The first kappa shape index (κ1) is 35.3. The summed E-state index contributed by atoms with van der Waals surface area (Å²) in [6.45, 7) is 16.4. The van der Waals surface area contributed by atoms with Gasteiger partial charge in [0.25, 0.3) is 0 Å². The number of rotatable bonds is 6. The van der Waals surface area contributed by atoms with Crippen LogP contribution in [0.25, 0.3) is 0 Å². The topological polar surface area (TPSA) is 134 Å². The van der Waals surface area contributed by atoms with Gasteiger partial charge in [-0.25, -0.2) is 9.59 Å². The second-order valence-corrected chi connectivity index (χ2v) is 17.0. The number of fused-ring (bicyclic) bond motifs is 7. The van der Waals surface area contributed by atoms with Crippen LogP contribution in [0.3, 0.4) is 0 Å². The molecule has 12 atom stereocenters.